The van der Waals surface area contributed by atoms with E-state index in [9.17, 15) is 14.7 Å². The lowest BCUT2D eigenvalue weighted by Crippen LogP contribution is -2.74. The first-order chi connectivity index (χ1) is 14.8. The zero-order valence-electron chi connectivity index (χ0n) is 17.2. The van der Waals surface area contributed by atoms with Gasteiger partial charge in [0.2, 0.25) is 0 Å². The fourth-order valence-electron chi connectivity index (χ4n) is 5.85. The monoisotopic (exact) mass is 430 g/mol. The summed E-state index contributed by atoms with van der Waals surface area (Å²) in [7, 11) is 1.57. The molecule has 2 aliphatic carbocycles. The van der Waals surface area contributed by atoms with Crippen molar-refractivity contribution in [2.24, 2.45) is 5.73 Å². The topological polar surface area (TPSA) is 140 Å². The van der Waals surface area contributed by atoms with Gasteiger partial charge in [0.1, 0.15) is 11.8 Å². The van der Waals surface area contributed by atoms with Crippen molar-refractivity contribution in [3.63, 3.8) is 0 Å². The molecule has 166 valence electrons. The van der Waals surface area contributed by atoms with Gasteiger partial charge in [0.25, 0.3) is 0 Å². The summed E-state index contributed by atoms with van der Waals surface area (Å²) in [5.74, 6) is -0.200. The number of hydrogen-bond acceptors (Lipinski definition) is 8. The second-order valence-corrected chi connectivity index (χ2v) is 8.75. The fourth-order valence-corrected chi connectivity index (χ4v) is 5.85. The molecular weight excluding hydrogens is 404 g/mol. The van der Waals surface area contributed by atoms with Gasteiger partial charge in [-0.3, -0.25) is 9.59 Å². The molecule has 4 aliphatic rings. The molecular formula is C22H26N2O7. The predicted octanol–water partition coefficient (Wildman–Crippen LogP) is 0.366. The molecule has 0 amide bonds. The third-order valence-electron chi connectivity index (χ3n) is 7.32. The number of hydrogen-bond donors (Lipinski definition) is 4. The second kappa shape index (κ2) is 6.94. The van der Waals surface area contributed by atoms with Gasteiger partial charge in [-0.1, -0.05) is 6.07 Å². The molecule has 2 heterocycles. The molecule has 1 spiro atoms. The SMILES string of the molecule is COc1ccc2c3c1O[C@H]1C(OC(=O)CC[C@H](N)C(=O)O)=CC[C@@]4(O)[C@@H](C2)NCC[C@]314. The van der Waals surface area contributed by atoms with Gasteiger partial charge in [-0.25, -0.2) is 0 Å². The molecule has 5 atom stereocenters. The minimum atomic E-state index is -1.16. The number of methoxy groups -OCH3 is 1. The van der Waals surface area contributed by atoms with Crippen LogP contribution in [0.25, 0.3) is 0 Å². The number of carboxylic acids is 1. The number of nitrogens with one attached hydrogen (secondary N) is 1. The maximum absolute atomic E-state index is 12.5. The number of carboxylic acid groups (broad SMARTS) is 1. The van der Waals surface area contributed by atoms with Gasteiger partial charge in [0, 0.05) is 24.4 Å². The van der Waals surface area contributed by atoms with E-state index < -0.39 is 35.1 Å². The molecule has 0 saturated carbocycles. The molecule has 2 aliphatic heterocycles. The van der Waals surface area contributed by atoms with Crippen LogP contribution in [0.5, 0.6) is 11.5 Å². The summed E-state index contributed by atoms with van der Waals surface area (Å²) < 4.78 is 17.6. The molecule has 5 rings (SSSR count). The van der Waals surface area contributed by atoms with Gasteiger partial charge in [0.05, 0.1) is 18.1 Å². The third kappa shape index (κ3) is 2.66. The van der Waals surface area contributed by atoms with Gasteiger partial charge < -0.3 is 35.5 Å². The summed E-state index contributed by atoms with van der Waals surface area (Å²) in [6.45, 7) is 0.706. The minimum absolute atomic E-state index is 0.0216. The first kappa shape index (κ1) is 20.3. The number of aliphatic hydroxyl groups is 1. The maximum Gasteiger partial charge on any atom is 0.320 e. The van der Waals surface area contributed by atoms with Gasteiger partial charge in [-0.15, -0.1) is 0 Å². The van der Waals surface area contributed by atoms with E-state index in [4.69, 9.17) is 25.1 Å². The summed E-state index contributed by atoms with van der Waals surface area (Å²) in [4.78, 5) is 23.4. The number of carbonyl (C=O) groups excluding carboxylic acids is 1. The molecule has 9 nitrogen and oxygen atoms in total. The highest BCUT2D eigenvalue weighted by atomic mass is 16.6. The Morgan fingerprint density at radius 2 is 2.23 bits per heavy atom. The molecule has 5 N–H and O–H groups in total. The van der Waals surface area contributed by atoms with Gasteiger partial charge in [-0.2, -0.15) is 0 Å². The smallest absolute Gasteiger partial charge is 0.320 e. The van der Waals surface area contributed by atoms with Crippen LogP contribution in [0.3, 0.4) is 0 Å². The first-order valence-corrected chi connectivity index (χ1v) is 10.5. The van der Waals surface area contributed by atoms with E-state index in [1.165, 1.54) is 0 Å². The van der Waals surface area contributed by atoms with E-state index >= 15 is 0 Å². The minimum Gasteiger partial charge on any atom is -0.493 e. The molecule has 0 radical (unpaired) electrons. The number of aliphatic carboxylic acids is 1. The van der Waals surface area contributed by atoms with Crippen molar-refractivity contribution in [2.45, 2.75) is 61.3 Å². The normalized spacial score (nSPS) is 32.9. The quantitative estimate of drug-likeness (QED) is 0.471. The molecule has 0 unspecified atom stereocenters. The Hall–Kier alpha value is -2.62. The van der Waals surface area contributed by atoms with Crippen molar-refractivity contribution >= 4 is 11.9 Å². The summed E-state index contributed by atoms with van der Waals surface area (Å²) in [5, 5.41) is 24.3. The van der Waals surface area contributed by atoms with E-state index in [0.717, 1.165) is 11.1 Å². The molecule has 9 heteroatoms. The summed E-state index contributed by atoms with van der Waals surface area (Å²) in [6, 6.07) is 2.62. The van der Waals surface area contributed by atoms with Crippen LogP contribution in [0.15, 0.2) is 24.0 Å². The Kier molecular flexibility index (Phi) is 4.55. The molecule has 1 aromatic carbocycles. The van der Waals surface area contributed by atoms with Crippen molar-refractivity contribution < 1.29 is 34.0 Å². The van der Waals surface area contributed by atoms with Crippen LogP contribution in [-0.4, -0.2) is 59.6 Å². The molecule has 1 saturated heterocycles. The summed E-state index contributed by atoms with van der Waals surface area (Å²) in [5.41, 5.74) is 5.72. The number of piperidine rings is 1. The van der Waals surface area contributed by atoms with Crippen LogP contribution in [-0.2, 0) is 26.2 Å². The van der Waals surface area contributed by atoms with E-state index in [0.29, 0.717) is 43.1 Å². The van der Waals surface area contributed by atoms with Gasteiger partial charge >= 0.3 is 11.9 Å². The lowest BCUT2D eigenvalue weighted by atomic mass is 9.50. The number of nitrogens with two attached hydrogens (primary N) is 1. The Bertz CT molecular complexity index is 992. The molecule has 1 fully saturated rings. The average molecular weight is 430 g/mol. The Morgan fingerprint density at radius 1 is 1.42 bits per heavy atom. The van der Waals surface area contributed by atoms with Crippen molar-refractivity contribution in [2.75, 3.05) is 13.7 Å². The van der Waals surface area contributed by atoms with Crippen LogP contribution in [0.4, 0.5) is 0 Å². The highest BCUT2D eigenvalue weighted by molar-refractivity contribution is 5.76. The van der Waals surface area contributed by atoms with Crippen LogP contribution in [0.1, 0.15) is 36.8 Å². The third-order valence-corrected chi connectivity index (χ3v) is 7.32. The van der Waals surface area contributed by atoms with E-state index in [2.05, 4.69) is 5.32 Å². The first-order valence-electron chi connectivity index (χ1n) is 10.5. The van der Waals surface area contributed by atoms with Crippen molar-refractivity contribution in [1.82, 2.24) is 5.32 Å². The van der Waals surface area contributed by atoms with Crippen LogP contribution in [0, 0.1) is 0 Å². The van der Waals surface area contributed by atoms with Crippen LogP contribution < -0.4 is 20.5 Å². The van der Waals surface area contributed by atoms with E-state index in [-0.39, 0.29) is 18.9 Å². The lowest BCUT2D eigenvalue weighted by molar-refractivity contribution is -0.151. The molecule has 2 bridgehead atoms. The molecule has 1 aromatic rings. The lowest BCUT2D eigenvalue weighted by Gasteiger charge is -2.59. The Balaban J connectivity index is 1.51. The van der Waals surface area contributed by atoms with Crippen LogP contribution >= 0.6 is 0 Å². The Labute approximate surface area is 179 Å². The average Bonchev–Trinajstić information content (AvgIpc) is 3.08. The predicted molar refractivity (Wildman–Crippen MR) is 108 cm³/mol. The Morgan fingerprint density at radius 3 is 2.97 bits per heavy atom. The number of carbonyl (C=O) groups is 2. The molecule has 31 heavy (non-hydrogen) atoms. The van der Waals surface area contributed by atoms with Crippen molar-refractivity contribution in [3.8, 4) is 11.5 Å². The number of ether oxygens (including phenoxy) is 3. The highest BCUT2D eigenvalue weighted by Crippen LogP contribution is 2.64. The van der Waals surface area contributed by atoms with Crippen molar-refractivity contribution in [3.05, 3.63) is 35.1 Å². The number of benzene rings is 1. The van der Waals surface area contributed by atoms with Crippen molar-refractivity contribution in [1.29, 1.82) is 0 Å². The summed E-state index contributed by atoms with van der Waals surface area (Å²) in [6.07, 6.45) is 2.53. The fraction of sp³-hybridized carbons (Fsp3) is 0.545. The van der Waals surface area contributed by atoms with Crippen LogP contribution in [0.2, 0.25) is 0 Å². The largest absolute Gasteiger partial charge is 0.493 e. The van der Waals surface area contributed by atoms with E-state index in [1.54, 1.807) is 13.2 Å². The maximum atomic E-state index is 12.5. The number of esters is 1. The zero-order valence-corrected chi connectivity index (χ0v) is 17.2. The second-order valence-electron chi connectivity index (χ2n) is 8.75. The van der Waals surface area contributed by atoms with Gasteiger partial charge in [0.15, 0.2) is 17.6 Å². The number of rotatable bonds is 6. The summed E-state index contributed by atoms with van der Waals surface area (Å²) >= 11 is 0. The molecule has 0 aromatic heterocycles. The zero-order chi connectivity index (χ0) is 22.0. The van der Waals surface area contributed by atoms with Gasteiger partial charge in [-0.05, 0) is 43.5 Å². The highest BCUT2D eigenvalue weighted by Gasteiger charge is 2.71. The standard InChI is InChI=1S/C22H26N2O7/c1-29-13-4-2-11-10-15-22(28)7-6-14(30-16(25)5-3-12(23)20(26)27)19-21(22,8-9-24-15)17(11)18(13)31-19/h2,4,6,12,15,19,24,28H,3,5,7-10,23H2,1H3,(H,26,27)/t12-,15+,19-,21-,22+/m0/s1. The van der Waals surface area contributed by atoms with E-state index in [1.807, 2.05) is 12.1 Å².